The number of likely N-dealkylation sites (N-methyl/N-ethyl adjacent to an activating group) is 1. The SMILES string of the molecule is CCN1CCOC(c2noc(-c3ccc(Cl)cc3O)n2)C1. The van der Waals surface area contributed by atoms with Crippen molar-refractivity contribution < 1.29 is 14.4 Å². The fourth-order valence-electron chi connectivity index (χ4n) is 2.31. The lowest BCUT2D eigenvalue weighted by Gasteiger charge is -2.30. The molecule has 0 spiro atoms. The highest BCUT2D eigenvalue weighted by Gasteiger charge is 2.26. The van der Waals surface area contributed by atoms with Crippen molar-refractivity contribution in [3.8, 4) is 17.2 Å². The van der Waals surface area contributed by atoms with Crippen LogP contribution in [0.4, 0.5) is 0 Å². The first-order valence-corrected chi connectivity index (χ1v) is 7.21. The monoisotopic (exact) mass is 309 g/mol. The summed E-state index contributed by atoms with van der Waals surface area (Å²) in [5, 5.41) is 14.3. The first-order chi connectivity index (χ1) is 10.2. The highest BCUT2D eigenvalue weighted by Crippen LogP contribution is 2.31. The lowest BCUT2D eigenvalue weighted by molar-refractivity contribution is -0.0334. The molecule has 1 atom stereocenters. The molecule has 3 rings (SSSR count). The summed E-state index contributed by atoms with van der Waals surface area (Å²) in [7, 11) is 0. The Kier molecular flexibility index (Phi) is 4.10. The summed E-state index contributed by atoms with van der Waals surface area (Å²) in [4.78, 5) is 6.60. The first kappa shape index (κ1) is 14.3. The van der Waals surface area contributed by atoms with E-state index in [2.05, 4.69) is 22.0 Å². The number of benzene rings is 1. The Morgan fingerprint density at radius 3 is 3.10 bits per heavy atom. The van der Waals surface area contributed by atoms with E-state index in [1.54, 1.807) is 12.1 Å². The van der Waals surface area contributed by atoms with Gasteiger partial charge in [0, 0.05) is 18.1 Å². The summed E-state index contributed by atoms with van der Waals surface area (Å²) in [5.41, 5.74) is 0.460. The topological polar surface area (TPSA) is 71.6 Å². The number of halogens is 1. The number of aromatic hydroxyl groups is 1. The molecule has 7 heteroatoms. The molecule has 1 aromatic carbocycles. The van der Waals surface area contributed by atoms with Crippen LogP contribution in [0.2, 0.25) is 5.02 Å². The van der Waals surface area contributed by atoms with Crippen molar-refractivity contribution in [2.24, 2.45) is 0 Å². The van der Waals surface area contributed by atoms with Crippen molar-refractivity contribution in [2.75, 3.05) is 26.2 Å². The lowest BCUT2D eigenvalue weighted by Crippen LogP contribution is -2.38. The number of phenols is 1. The third-order valence-corrected chi connectivity index (χ3v) is 3.75. The molecule has 1 aromatic heterocycles. The quantitative estimate of drug-likeness (QED) is 0.939. The van der Waals surface area contributed by atoms with E-state index >= 15 is 0 Å². The van der Waals surface area contributed by atoms with Crippen LogP contribution in [0.15, 0.2) is 22.7 Å². The van der Waals surface area contributed by atoms with Gasteiger partial charge in [0.2, 0.25) is 5.82 Å². The number of hydrogen-bond donors (Lipinski definition) is 1. The zero-order valence-corrected chi connectivity index (χ0v) is 12.4. The molecule has 1 N–H and O–H groups in total. The molecule has 1 unspecified atom stereocenters. The van der Waals surface area contributed by atoms with E-state index in [4.69, 9.17) is 20.9 Å². The smallest absolute Gasteiger partial charge is 0.261 e. The minimum Gasteiger partial charge on any atom is -0.507 e. The molecule has 2 heterocycles. The third-order valence-electron chi connectivity index (χ3n) is 3.52. The maximum Gasteiger partial charge on any atom is 0.261 e. The number of aromatic nitrogens is 2. The molecule has 0 amide bonds. The van der Waals surface area contributed by atoms with E-state index in [-0.39, 0.29) is 17.7 Å². The van der Waals surface area contributed by atoms with Gasteiger partial charge < -0.3 is 14.4 Å². The molecular weight excluding hydrogens is 294 g/mol. The van der Waals surface area contributed by atoms with Crippen molar-refractivity contribution in [3.05, 3.63) is 29.0 Å². The van der Waals surface area contributed by atoms with Gasteiger partial charge in [0.05, 0.1) is 12.2 Å². The number of hydrogen-bond acceptors (Lipinski definition) is 6. The Morgan fingerprint density at radius 2 is 2.33 bits per heavy atom. The molecule has 21 heavy (non-hydrogen) atoms. The van der Waals surface area contributed by atoms with Crippen molar-refractivity contribution in [2.45, 2.75) is 13.0 Å². The lowest BCUT2D eigenvalue weighted by atomic mass is 10.2. The van der Waals surface area contributed by atoms with Crippen molar-refractivity contribution in [3.63, 3.8) is 0 Å². The van der Waals surface area contributed by atoms with Gasteiger partial charge in [-0.15, -0.1) is 0 Å². The molecule has 0 bridgehead atoms. The van der Waals surface area contributed by atoms with Crippen LogP contribution in [0.25, 0.3) is 11.5 Å². The third kappa shape index (κ3) is 3.02. The summed E-state index contributed by atoms with van der Waals surface area (Å²) >= 11 is 5.81. The van der Waals surface area contributed by atoms with E-state index in [1.165, 1.54) is 6.07 Å². The minimum atomic E-state index is -0.203. The second-order valence-corrected chi connectivity index (χ2v) is 5.31. The zero-order valence-electron chi connectivity index (χ0n) is 11.6. The van der Waals surface area contributed by atoms with E-state index in [0.29, 0.717) is 23.0 Å². The Morgan fingerprint density at radius 1 is 1.48 bits per heavy atom. The maximum absolute atomic E-state index is 9.89. The molecule has 2 aromatic rings. The van der Waals surface area contributed by atoms with Crippen molar-refractivity contribution >= 4 is 11.6 Å². The van der Waals surface area contributed by atoms with E-state index < -0.39 is 0 Å². The molecule has 0 aliphatic carbocycles. The van der Waals surface area contributed by atoms with Crippen LogP contribution in [-0.2, 0) is 4.74 Å². The highest BCUT2D eigenvalue weighted by atomic mass is 35.5. The van der Waals surface area contributed by atoms with Gasteiger partial charge in [-0.25, -0.2) is 0 Å². The largest absolute Gasteiger partial charge is 0.507 e. The molecular formula is C14H16ClN3O3. The summed E-state index contributed by atoms with van der Waals surface area (Å²) in [6.07, 6.45) is -0.203. The summed E-state index contributed by atoms with van der Waals surface area (Å²) in [6.45, 7) is 5.37. The molecule has 0 saturated carbocycles. The summed E-state index contributed by atoms with van der Waals surface area (Å²) in [5.74, 6) is 0.770. The Balaban J connectivity index is 1.83. The van der Waals surface area contributed by atoms with E-state index in [1.807, 2.05) is 0 Å². The molecule has 1 aliphatic rings. The molecule has 0 radical (unpaired) electrons. The second-order valence-electron chi connectivity index (χ2n) is 4.87. The van der Waals surface area contributed by atoms with Crippen LogP contribution >= 0.6 is 11.6 Å². The second kappa shape index (κ2) is 6.01. The molecule has 112 valence electrons. The van der Waals surface area contributed by atoms with Gasteiger partial charge in [-0.05, 0) is 24.7 Å². The number of rotatable bonds is 3. The van der Waals surface area contributed by atoms with Gasteiger partial charge in [-0.1, -0.05) is 23.7 Å². The Hall–Kier alpha value is -1.63. The molecule has 1 saturated heterocycles. The van der Waals surface area contributed by atoms with Gasteiger partial charge in [0.25, 0.3) is 5.89 Å². The predicted octanol–water partition coefficient (Wildman–Crippen LogP) is 2.49. The van der Waals surface area contributed by atoms with Crippen LogP contribution in [0.5, 0.6) is 5.75 Å². The Labute approximate surface area is 127 Å². The average molecular weight is 310 g/mol. The van der Waals surface area contributed by atoms with Crippen LogP contribution in [0.1, 0.15) is 18.9 Å². The van der Waals surface area contributed by atoms with E-state index in [9.17, 15) is 5.11 Å². The number of phenolic OH excluding ortho intramolecular Hbond substituents is 1. The standard InChI is InChI=1S/C14H16ClN3O3/c1-2-18-5-6-20-12(8-18)13-16-14(21-17-13)10-4-3-9(15)7-11(10)19/h3-4,7,12,19H,2,5-6,8H2,1H3. The summed E-state index contributed by atoms with van der Waals surface area (Å²) in [6, 6.07) is 4.75. The Bertz CT molecular complexity index is 632. The molecule has 6 nitrogen and oxygen atoms in total. The molecule has 1 aliphatic heterocycles. The van der Waals surface area contributed by atoms with Gasteiger partial charge in [0.15, 0.2) is 0 Å². The zero-order chi connectivity index (χ0) is 14.8. The van der Waals surface area contributed by atoms with Crippen molar-refractivity contribution in [1.29, 1.82) is 0 Å². The predicted molar refractivity (Wildman–Crippen MR) is 77.2 cm³/mol. The minimum absolute atomic E-state index is 0.0115. The van der Waals surface area contributed by atoms with Gasteiger partial charge in [-0.3, -0.25) is 4.90 Å². The first-order valence-electron chi connectivity index (χ1n) is 6.84. The molecule has 1 fully saturated rings. The number of nitrogens with zero attached hydrogens (tertiary/aromatic N) is 3. The van der Waals surface area contributed by atoms with Crippen molar-refractivity contribution in [1.82, 2.24) is 15.0 Å². The van der Waals surface area contributed by atoms with Gasteiger partial charge >= 0.3 is 0 Å². The average Bonchev–Trinajstić information content (AvgIpc) is 2.97. The number of ether oxygens (including phenoxy) is 1. The fraction of sp³-hybridized carbons (Fsp3) is 0.429. The fourth-order valence-corrected chi connectivity index (χ4v) is 2.47. The van der Waals surface area contributed by atoms with Gasteiger partial charge in [0.1, 0.15) is 11.9 Å². The van der Waals surface area contributed by atoms with Gasteiger partial charge in [-0.2, -0.15) is 4.98 Å². The van der Waals surface area contributed by atoms with Crippen LogP contribution in [0, 0.1) is 0 Å². The van der Waals surface area contributed by atoms with Crippen LogP contribution in [0.3, 0.4) is 0 Å². The van der Waals surface area contributed by atoms with Crippen LogP contribution in [-0.4, -0.2) is 46.4 Å². The normalized spacial score (nSPS) is 19.8. The summed E-state index contributed by atoms with van der Waals surface area (Å²) < 4.78 is 10.9. The van der Waals surface area contributed by atoms with E-state index in [0.717, 1.165) is 19.6 Å². The number of morpholine rings is 1. The van der Waals surface area contributed by atoms with Crippen LogP contribution < -0.4 is 0 Å². The maximum atomic E-state index is 9.89. The highest BCUT2D eigenvalue weighted by molar-refractivity contribution is 6.30.